The van der Waals surface area contributed by atoms with E-state index in [1.54, 1.807) is 39.5 Å². The summed E-state index contributed by atoms with van der Waals surface area (Å²) in [6, 6.07) is 5.60. The van der Waals surface area contributed by atoms with Gasteiger partial charge in [-0.25, -0.2) is 4.98 Å². The Morgan fingerprint density at radius 2 is 1.73 bits per heavy atom. The average molecular weight is 436 g/mol. The lowest BCUT2D eigenvalue weighted by atomic mass is 10.1. The molecule has 0 aliphatic heterocycles. The maximum Gasteiger partial charge on any atom is 0.234 e. The third-order valence-electron chi connectivity index (χ3n) is 4.54. The summed E-state index contributed by atoms with van der Waals surface area (Å²) in [7, 11) is 6.53. The van der Waals surface area contributed by atoms with Crippen molar-refractivity contribution in [3.05, 3.63) is 41.2 Å². The summed E-state index contributed by atoms with van der Waals surface area (Å²) in [4.78, 5) is 10.5. The fourth-order valence-corrected chi connectivity index (χ4v) is 2.89. The van der Waals surface area contributed by atoms with Crippen LogP contribution < -0.4 is 24.8 Å². The number of rotatable bonds is 8. The fourth-order valence-electron chi connectivity index (χ4n) is 2.89. The second kappa shape index (κ2) is 10.0. The number of anilines is 3. The van der Waals surface area contributed by atoms with Crippen LogP contribution in [0.5, 0.6) is 17.2 Å². The van der Waals surface area contributed by atoms with Gasteiger partial charge in [0, 0.05) is 31.3 Å². The maximum atomic E-state index is 6.20. The molecule has 162 valence electrons. The van der Waals surface area contributed by atoms with Crippen LogP contribution in [0.1, 0.15) is 23.7 Å². The quantitative estimate of drug-likeness (QED) is 0.569. The summed E-state index contributed by atoms with van der Waals surface area (Å²) in [5.41, 5.74) is 8.77. The minimum atomic E-state index is 0. The first kappa shape index (κ1) is 23.1. The van der Waals surface area contributed by atoms with Gasteiger partial charge in [0.25, 0.3) is 0 Å². The number of methoxy groups -OCH3 is 3. The number of nitrogens with zero attached hydrogens (tertiary/aromatic N) is 4. The van der Waals surface area contributed by atoms with Crippen molar-refractivity contribution in [2.75, 3.05) is 39.0 Å². The van der Waals surface area contributed by atoms with E-state index < -0.39 is 0 Å². The standard InChI is InChI=1S/C20H25N5O4.ClH/c1-6-14-10-17(29-24-14)25(2)20-22-11-13(19(21)23-20)7-12-8-15(26-3)18(28-5)16(9-12)27-4;/h8-11H,6-7H2,1-5H3,(H2,21,22,23);1H. The summed E-state index contributed by atoms with van der Waals surface area (Å²) < 4.78 is 21.5. The maximum absolute atomic E-state index is 6.20. The molecule has 0 saturated carbocycles. The average Bonchev–Trinajstić information content (AvgIpc) is 3.23. The Kier molecular flexibility index (Phi) is 7.71. The molecule has 0 amide bonds. The molecular weight excluding hydrogens is 410 g/mol. The van der Waals surface area contributed by atoms with Crippen LogP contribution in [0.4, 0.5) is 17.7 Å². The molecule has 3 aromatic rings. The number of nitrogen functional groups attached to an aromatic ring is 1. The van der Waals surface area contributed by atoms with Crippen LogP contribution in [0.15, 0.2) is 28.9 Å². The van der Waals surface area contributed by atoms with E-state index >= 15 is 0 Å². The molecule has 0 unspecified atom stereocenters. The summed E-state index contributed by atoms with van der Waals surface area (Å²) >= 11 is 0. The van der Waals surface area contributed by atoms with Crippen molar-refractivity contribution in [1.82, 2.24) is 15.1 Å². The van der Waals surface area contributed by atoms with Gasteiger partial charge >= 0.3 is 0 Å². The molecule has 0 saturated heterocycles. The monoisotopic (exact) mass is 435 g/mol. The lowest BCUT2D eigenvalue weighted by Gasteiger charge is -2.16. The number of nitrogens with two attached hydrogens (primary N) is 1. The number of hydrogen-bond acceptors (Lipinski definition) is 9. The van der Waals surface area contributed by atoms with Gasteiger partial charge in [0.2, 0.25) is 17.6 Å². The van der Waals surface area contributed by atoms with Crippen molar-refractivity contribution in [3.8, 4) is 17.2 Å². The van der Waals surface area contributed by atoms with Crippen LogP contribution in [0, 0.1) is 0 Å². The third kappa shape index (κ3) is 4.68. The van der Waals surface area contributed by atoms with Crippen molar-refractivity contribution < 1.29 is 18.7 Å². The zero-order valence-electron chi connectivity index (χ0n) is 17.6. The van der Waals surface area contributed by atoms with E-state index in [0.717, 1.165) is 23.2 Å². The lowest BCUT2D eigenvalue weighted by Crippen LogP contribution is -2.14. The number of ether oxygens (including phenoxy) is 3. The van der Waals surface area contributed by atoms with Gasteiger partial charge in [0.1, 0.15) is 5.82 Å². The molecule has 9 nitrogen and oxygen atoms in total. The number of aromatic nitrogens is 3. The van der Waals surface area contributed by atoms with Crippen molar-refractivity contribution in [1.29, 1.82) is 0 Å². The Bertz CT molecular complexity index is 970. The zero-order chi connectivity index (χ0) is 21.0. The van der Waals surface area contributed by atoms with E-state index in [1.807, 2.05) is 25.1 Å². The van der Waals surface area contributed by atoms with E-state index in [9.17, 15) is 0 Å². The topological polar surface area (TPSA) is 109 Å². The van der Waals surface area contributed by atoms with Crippen LogP contribution in [0.25, 0.3) is 0 Å². The first-order valence-electron chi connectivity index (χ1n) is 9.10. The van der Waals surface area contributed by atoms with Crippen molar-refractivity contribution in [2.24, 2.45) is 0 Å². The Hall–Kier alpha value is -3.20. The van der Waals surface area contributed by atoms with E-state index in [1.165, 1.54) is 0 Å². The van der Waals surface area contributed by atoms with Crippen LogP contribution in [-0.4, -0.2) is 43.5 Å². The highest BCUT2D eigenvalue weighted by atomic mass is 35.5. The van der Waals surface area contributed by atoms with Gasteiger partial charge < -0.3 is 24.5 Å². The second-order valence-corrected chi connectivity index (χ2v) is 6.36. The van der Waals surface area contributed by atoms with E-state index in [-0.39, 0.29) is 12.4 Å². The first-order chi connectivity index (χ1) is 14.0. The van der Waals surface area contributed by atoms with Gasteiger partial charge in [0.15, 0.2) is 11.5 Å². The van der Waals surface area contributed by atoms with Gasteiger partial charge in [-0.2, -0.15) is 4.98 Å². The SMILES string of the molecule is CCc1cc(N(C)c2ncc(Cc3cc(OC)c(OC)c(OC)c3)c(N)n2)on1.Cl. The smallest absolute Gasteiger partial charge is 0.234 e. The van der Waals surface area contributed by atoms with Gasteiger partial charge in [-0.15, -0.1) is 12.4 Å². The molecule has 0 radical (unpaired) electrons. The Balaban J connectivity index is 0.00000320. The summed E-state index contributed by atoms with van der Waals surface area (Å²) in [6.07, 6.45) is 3.00. The zero-order valence-corrected chi connectivity index (χ0v) is 18.4. The second-order valence-electron chi connectivity index (χ2n) is 6.36. The number of halogens is 1. The molecule has 0 bridgehead atoms. The largest absolute Gasteiger partial charge is 0.493 e. The van der Waals surface area contributed by atoms with E-state index in [2.05, 4.69) is 15.1 Å². The van der Waals surface area contributed by atoms with Gasteiger partial charge in [-0.1, -0.05) is 12.1 Å². The van der Waals surface area contributed by atoms with Crippen molar-refractivity contribution in [2.45, 2.75) is 19.8 Å². The highest BCUT2D eigenvalue weighted by Gasteiger charge is 2.17. The molecule has 2 N–H and O–H groups in total. The molecule has 3 rings (SSSR count). The molecule has 0 atom stereocenters. The van der Waals surface area contributed by atoms with E-state index in [4.69, 9.17) is 24.5 Å². The Morgan fingerprint density at radius 1 is 1.07 bits per heavy atom. The molecule has 10 heteroatoms. The number of benzene rings is 1. The molecule has 1 aromatic carbocycles. The minimum Gasteiger partial charge on any atom is -0.493 e. The first-order valence-corrected chi connectivity index (χ1v) is 9.10. The molecular formula is C20H26ClN5O4. The molecule has 0 aliphatic rings. The molecule has 0 spiro atoms. The van der Waals surface area contributed by atoms with Crippen LogP contribution in [-0.2, 0) is 12.8 Å². The van der Waals surface area contributed by atoms with Gasteiger partial charge in [0.05, 0.1) is 27.0 Å². The molecule has 0 aliphatic carbocycles. The van der Waals surface area contributed by atoms with Crippen LogP contribution in [0.3, 0.4) is 0 Å². The summed E-state index contributed by atoms with van der Waals surface area (Å²) in [6.45, 7) is 2.01. The van der Waals surface area contributed by atoms with Gasteiger partial charge in [-0.3, -0.25) is 4.90 Å². The normalized spacial score (nSPS) is 10.3. The molecule has 30 heavy (non-hydrogen) atoms. The van der Waals surface area contributed by atoms with Gasteiger partial charge in [-0.05, 0) is 24.1 Å². The molecule has 2 heterocycles. The predicted octanol–water partition coefficient (Wildman–Crippen LogP) is 3.42. The predicted molar refractivity (Wildman–Crippen MR) is 117 cm³/mol. The van der Waals surface area contributed by atoms with E-state index in [0.29, 0.717) is 41.3 Å². The summed E-state index contributed by atoms with van der Waals surface area (Å²) in [5.74, 6) is 3.06. The van der Waals surface area contributed by atoms with Crippen LogP contribution >= 0.6 is 12.4 Å². The Morgan fingerprint density at radius 3 is 2.23 bits per heavy atom. The number of hydrogen-bond donors (Lipinski definition) is 1. The van der Waals surface area contributed by atoms with Crippen LogP contribution in [0.2, 0.25) is 0 Å². The summed E-state index contributed by atoms with van der Waals surface area (Å²) in [5, 5.41) is 3.99. The molecule has 0 fully saturated rings. The highest BCUT2D eigenvalue weighted by molar-refractivity contribution is 5.85. The van der Waals surface area contributed by atoms with Crippen molar-refractivity contribution >= 4 is 30.1 Å². The van der Waals surface area contributed by atoms with Crippen molar-refractivity contribution in [3.63, 3.8) is 0 Å². The fraction of sp³-hybridized carbons (Fsp3) is 0.350. The minimum absolute atomic E-state index is 0. The third-order valence-corrected chi connectivity index (χ3v) is 4.54. The number of aryl methyl sites for hydroxylation is 1. The lowest BCUT2D eigenvalue weighted by molar-refractivity contribution is 0.324. The Labute approximate surface area is 181 Å². The molecule has 2 aromatic heterocycles. The highest BCUT2D eigenvalue weighted by Crippen LogP contribution is 2.39.